The summed E-state index contributed by atoms with van der Waals surface area (Å²) in [6.45, 7) is 5.51. The number of halogens is 3. The Kier molecular flexibility index (Phi) is 6.48. The number of nitrogens with zero attached hydrogens (tertiary/aromatic N) is 1. The number of aryl methyl sites for hydroxylation is 1. The molecule has 2 fully saturated rings. The van der Waals surface area contributed by atoms with Crippen molar-refractivity contribution < 1.29 is 27.5 Å². The number of alkyl halides is 3. The number of benzene rings is 1. The normalized spacial score (nSPS) is 24.5. The Hall–Kier alpha value is -2.05. The number of ether oxygens (including phenoxy) is 1. The molecule has 0 radical (unpaired) electrons. The summed E-state index contributed by atoms with van der Waals surface area (Å²) < 4.78 is 44.2. The van der Waals surface area contributed by atoms with Crippen LogP contribution in [0.15, 0.2) is 24.3 Å². The molecule has 2 aliphatic heterocycles. The van der Waals surface area contributed by atoms with E-state index in [1.807, 2.05) is 25.7 Å². The van der Waals surface area contributed by atoms with Crippen molar-refractivity contribution in [2.75, 3.05) is 0 Å². The van der Waals surface area contributed by atoms with Crippen molar-refractivity contribution >= 4 is 11.9 Å². The van der Waals surface area contributed by atoms with Crippen molar-refractivity contribution in [2.45, 2.75) is 89.6 Å². The SMILES string of the molecule is CC(C)(C)OC(=O)N1C2CCCC1CC(C(=O)CCc1cccc(C(F)(F)F)c1)C2. The predicted octanol–water partition coefficient (Wildman–Crippen LogP) is 5.78. The van der Waals surface area contributed by atoms with E-state index in [1.54, 1.807) is 6.07 Å². The molecule has 2 saturated heterocycles. The molecule has 2 bridgehead atoms. The second kappa shape index (κ2) is 8.60. The van der Waals surface area contributed by atoms with Crippen LogP contribution in [-0.2, 0) is 22.1 Å². The Bertz CT molecular complexity index is 771. The fourth-order valence-corrected chi connectivity index (χ4v) is 4.63. The lowest BCUT2D eigenvalue weighted by molar-refractivity contribution is -0.137. The van der Waals surface area contributed by atoms with Crippen molar-refractivity contribution in [2.24, 2.45) is 5.92 Å². The molecule has 7 heteroatoms. The zero-order valence-electron chi connectivity index (χ0n) is 17.8. The maximum absolute atomic E-state index is 12.9. The van der Waals surface area contributed by atoms with Gasteiger partial charge in [-0.2, -0.15) is 13.2 Å². The predicted molar refractivity (Wildman–Crippen MR) is 107 cm³/mol. The zero-order valence-corrected chi connectivity index (χ0v) is 17.8. The van der Waals surface area contributed by atoms with Crippen molar-refractivity contribution in [3.05, 3.63) is 35.4 Å². The van der Waals surface area contributed by atoms with Gasteiger partial charge in [-0.15, -0.1) is 0 Å². The molecule has 1 aromatic carbocycles. The summed E-state index contributed by atoms with van der Waals surface area (Å²) in [6.07, 6.45) is -0.227. The Morgan fingerprint density at radius 3 is 2.30 bits per heavy atom. The molecular weight excluding hydrogens is 395 g/mol. The third kappa shape index (κ3) is 5.55. The van der Waals surface area contributed by atoms with Gasteiger partial charge in [0.25, 0.3) is 0 Å². The quantitative estimate of drug-likeness (QED) is 0.615. The van der Waals surface area contributed by atoms with Gasteiger partial charge in [-0.3, -0.25) is 4.79 Å². The van der Waals surface area contributed by atoms with Crippen LogP contribution in [0.2, 0.25) is 0 Å². The highest BCUT2D eigenvalue weighted by Crippen LogP contribution is 2.39. The average Bonchev–Trinajstić information content (AvgIpc) is 2.63. The summed E-state index contributed by atoms with van der Waals surface area (Å²) >= 11 is 0. The molecule has 2 heterocycles. The minimum absolute atomic E-state index is 0.00476. The maximum Gasteiger partial charge on any atom is 0.416 e. The van der Waals surface area contributed by atoms with Gasteiger partial charge in [0, 0.05) is 24.4 Å². The summed E-state index contributed by atoms with van der Waals surface area (Å²) in [6, 6.07) is 5.16. The van der Waals surface area contributed by atoms with E-state index in [0.717, 1.165) is 31.4 Å². The highest BCUT2D eigenvalue weighted by Gasteiger charge is 2.44. The zero-order chi connectivity index (χ0) is 22.1. The number of rotatable bonds is 4. The first-order valence-electron chi connectivity index (χ1n) is 10.6. The Labute approximate surface area is 175 Å². The van der Waals surface area contributed by atoms with E-state index < -0.39 is 17.3 Å². The molecule has 0 spiro atoms. The first-order chi connectivity index (χ1) is 13.9. The van der Waals surface area contributed by atoms with Crippen LogP contribution < -0.4 is 0 Å². The number of hydrogen-bond donors (Lipinski definition) is 0. The molecule has 0 saturated carbocycles. The van der Waals surface area contributed by atoms with Crippen LogP contribution >= 0.6 is 0 Å². The van der Waals surface area contributed by atoms with Crippen LogP contribution in [0.3, 0.4) is 0 Å². The minimum atomic E-state index is -4.38. The summed E-state index contributed by atoms with van der Waals surface area (Å²) in [5.74, 6) is -0.0714. The average molecular weight is 425 g/mol. The fraction of sp³-hybridized carbons (Fsp3) is 0.652. The van der Waals surface area contributed by atoms with Crippen molar-refractivity contribution in [1.82, 2.24) is 4.90 Å². The lowest BCUT2D eigenvalue weighted by atomic mass is 9.76. The minimum Gasteiger partial charge on any atom is -0.444 e. The molecule has 30 heavy (non-hydrogen) atoms. The van der Waals surface area contributed by atoms with Gasteiger partial charge in [0.15, 0.2) is 0 Å². The molecule has 166 valence electrons. The molecule has 1 amide bonds. The van der Waals surface area contributed by atoms with Gasteiger partial charge >= 0.3 is 12.3 Å². The number of hydrogen-bond acceptors (Lipinski definition) is 3. The van der Waals surface area contributed by atoms with Gasteiger partial charge in [0.2, 0.25) is 0 Å². The van der Waals surface area contributed by atoms with Crippen LogP contribution in [-0.4, -0.2) is 34.5 Å². The molecular formula is C23H30F3NO3. The van der Waals surface area contributed by atoms with E-state index in [4.69, 9.17) is 4.74 Å². The van der Waals surface area contributed by atoms with Crippen molar-refractivity contribution in [1.29, 1.82) is 0 Å². The Morgan fingerprint density at radius 1 is 1.10 bits per heavy atom. The van der Waals surface area contributed by atoms with Crippen LogP contribution in [0.25, 0.3) is 0 Å². The van der Waals surface area contributed by atoms with Gasteiger partial charge in [0.1, 0.15) is 11.4 Å². The number of ketones is 1. The highest BCUT2D eigenvalue weighted by molar-refractivity contribution is 5.82. The molecule has 0 aliphatic carbocycles. The smallest absolute Gasteiger partial charge is 0.416 e. The lowest BCUT2D eigenvalue weighted by Gasteiger charge is -2.48. The first-order valence-corrected chi connectivity index (χ1v) is 10.6. The summed E-state index contributed by atoms with van der Waals surface area (Å²) in [5.41, 5.74) is -0.736. The van der Waals surface area contributed by atoms with E-state index in [1.165, 1.54) is 6.07 Å². The van der Waals surface area contributed by atoms with E-state index in [-0.39, 0.29) is 36.3 Å². The Morgan fingerprint density at radius 2 is 1.73 bits per heavy atom. The van der Waals surface area contributed by atoms with Crippen LogP contribution in [0, 0.1) is 5.92 Å². The molecule has 0 N–H and O–H groups in total. The monoisotopic (exact) mass is 425 g/mol. The van der Waals surface area contributed by atoms with Gasteiger partial charge < -0.3 is 9.64 Å². The van der Waals surface area contributed by atoms with Gasteiger partial charge in [-0.25, -0.2) is 4.79 Å². The van der Waals surface area contributed by atoms with E-state index in [0.29, 0.717) is 24.8 Å². The number of carbonyl (C=O) groups is 2. The topological polar surface area (TPSA) is 46.6 Å². The largest absolute Gasteiger partial charge is 0.444 e. The lowest BCUT2D eigenvalue weighted by Crippen LogP contribution is -2.56. The van der Waals surface area contributed by atoms with E-state index in [9.17, 15) is 22.8 Å². The number of Topliss-reactive ketones (excluding diaryl/α,β-unsaturated/α-hetero) is 1. The Balaban J connectivity index is 1.60. The third-order valence-electron chi connectivity index (χ3n) is 5.95. The van der Waals surface area contributed by atoms with Crippen LogP contribution in [0.4, 0.5) is 18.0 Å². The first kappa shape index (κ1) is 22.6. The molecule has 4 nitrogen and oxygen atoms in total. The van der Waals surface area contributed by atoms with E-state index in [2.05, 4.69) is 0 Å². The molecule has 3 rings (SSSR count). The third-order valence-corrected chi connectivity index (χ3v) is 5.95. The molecule has 1 aromatic rings. The van der Waals surface area contributed by atoms with Crippen LogP contribution in [0.1, 0.15) is 70.4 Å². The number of amides is 1. The summed E-state index contributed by atoms with van der Waals surface area (Å²) in [4.78, 5) is 27.3. The standard InChI is InChI=1S/C23H30F3NO3/c1-22(2,3)30-21(29)27-18-8-5-9-19(27)14-16(13-18)20(28)11-10-15-6-4-7-17(12-15)23(24,25)26/h4,6-7,12,16,18-19H,5,8-11,13-14H2,1-3H3. The van der Waals surface area contributed by atoms with Gasteiger partial charge in [0.05, 0.1) is 5.56 Å². The second-order valence-electron chi connectivity index (χ2n) is 9.46. The van der Waals surface area contributed by atoms with Gasteiger partial charge in [-0.1, -0.05) is 18.2 Å². The molecule has 0 aromatic heterocycles. The fourth-order valence-electron chi connectivity index (χ4n) is 4.63. The second-order valence-corrected chi connectivity index (χ2v) is 9.46. The number of fused-ring (bicyclic) bond motifs is 2. The molecule has 2 atom stereocenters. The molecule has 2 unspecified atom stereocenters. The van der Waals surface area contributed by atoms with E-state index >= 15 is 0 Å². The molecule has 2 aliphatic rings. The summed E-state index contributed by atoms with van der Waals surface area (Å²) in [7, 11) is 0. The summed E-state index contributed by atoms with van der Waals surface area (Å²) in [5, 5.41) is 0. The van der Waals surface area contributed by atoms with Gasteiger partial charge in [-0.05, 0) is 70.9 Å². The van der Waals surface area contributed by atoms with Crippen LogP contribution in [0.5, 0.6) is 0 Å². The highest BCUT2D eigenvalue weighted by atomic mass is 19.4. The van der Waals surface area contributed by atoms with Crippen molar-refractivity contribution in [3.8, 4) is 0 Å². The maximum atomic E-state index is 12.9. The van der Waals surface area contributed by atoms with Crippen molar-refractivity contribution in [3.63, 3.8) is 0 Å². The number of piperidine rings is 2. The number of carbonyl (C=O) groups excluding carboxylic acids is 2.